The van der Waals surface area contributed by atoms with Crippen LogP contribution in [0.2, 0.25) is 0 Å². The Balaban J connectivity index is 2.17. The van der Waals surface area contributed by atoms with Gasteiger partial charge in [0.25, 0.3) is 5.91 Å². The van der Waals surface area contributed by atoms with Gasteiger partial charge in [-0.2, -0.15) is 5.26 Å². The third-order valence-electron chi connectivity index (χ3n) is 3.80. The number of benzene rings is 1. The largest absolute Gasteiger partial charge is 0.351 e. The van der Waals surface area contributed by atoms with E-state index >= 15 is 0 Å². The van der Waals surface area contributed by atoms with Crippen LogP contribution in [0.15, 0.2) is 36.7 Å². The minimum Gasteiger partial charge on any atom is -0.351 e. The van der Waals surface area contributed by atoms with E-state index in [1.165, 1.54) is 0 Å². The molecule has 24 heavy (non-hydrogen) atoms. The molecular weight excluding hydrogens is 312 g/mol. The Bertz CT molecular complexity index is 747. The second kappa shape index (κ2) is 7.64. The molecular formula is C18H17F2N3O. The van der Waals surface area contributed by atoms with E-state index in [0.717, 1.165) is 17.7 Å². The fraction of sp³-hybridized carbons (Fsp3) is 0.278. The number of hydrogen-bond donors (Lipinski definition) is 1. The Morgan fingerprint density at radius 3 is 2.50 bits per heavy atom. The Hall–Kier alpha value is -2.81. The first-order chi connectivity index (χ1) is 11.4. The first kappa shape index (κ1) is 17.5. The zero-order valence-electron chi connectivity index (χ0n) is 13.4. The molecule has 0 aliphatic carbocycles. The summed E-state index contributed by atoms with van der Waals surface area (Å²) in [6, 6.07) is 7.03. The lowest BCUT2D eigenvalue weighted by Crippen LogP contribution is -2.31. The highest BCUT2D eigenvalue weighted by Crippen LogP contribution is 2.23. The molecule has 1 aromatic carbocycles. The van der Waals surface area contributed by atoms with Crippen molar-refractivity contribution in [1.82, 2.24) is 10.3 Å². The summed E-state index contributed by atoms with van der Waals surface area (Å²) in [6.45, 7) is 4.21. The van der Waals surface area contributed by atoms with Gasteiger partial charge in [-0.05, 0) is 29.7 Å². The number of nitriles is 1. The fourth-order valence-corrected chi connectivity index (χ4v) is 2.48. The highest BCUT2D eigenvalue weighted by molar-refractivity contribution is 5.94. The molecule has 0 fully saturated rings. The van der Waals surface area contributed by atoms with E-state index in [1.54, 1.807) is 24.5 Å². The van der Waals surface area contributed by atoms with Crippen LogP contribution >= 0.6 is 0 Å². The number of pyridine rings is 1. The smallest absolute Gasteiger partial charge is 0.257 e. The van der Waals surface area contributed by atoms with Gasteiger partial charge in [-0.3, -0.25) is 9.78 Å². The molecule has 0 bridgehead atoms. The molecule has 0 spiro atoms. The van der Waals surface area contributed by atoms with E-state index in [0.29, 0.717) is 0 Å². The third-order valence-corrected chi connectivity index (χ3v) is 3.80. The van der Waals surface area contributed by atoms with Gasteiger partial charge >= 0.3 is 0 Å². The average molecular weight is 329 g/mol. The van der Waals surface area contributed by atoms with Crippen molar-refractivity contribution < 1.29 is 13.6 Å². The number of nitrogens with zero attached hydrogens (tertiary/aromatic N) is 2. The van der Waals surface area contributed by atoms with Crippen molar-refractivity contribution in [1.29, 1.82) is 5.26 Å². The molecule has 1 N–H and O–H groups in total. The van der Waals surface area contributed by atoms with Gasteiger partial charge in [0.2, 0.25) is 0 Å². The van der Waals surface area contributed by atoms with Crippen LogP contribution in [0, 0.1) is 28.9 Å². The summed E-state index contributed by atoms with van der Waals surface area (Å²) in [5.74, 6) is -2.78. The standard InChI is InChI=1S/C18H17F2N3O/c1-11(2)14(13-4-3-5-22-9-13)10-23-18(24)17-15(19)6-12(8-21)7-16(17)20/h3-7,9,11,14H,10H2,1-2H3,(H,23,24). The topological polar surface area (TPSA) is 65.8 Å². The van der Waals surface area contributed by atoms with Crippen LogP contribution < -0.4 is 5.32 Å². The van der Waals surface area contributed by atoms with Gasteiger partial charge in [0.15, 0.2) is 0 Å². The van der Waals surface area contributed by atoms with Crippen molar-refractivity contribution in [2.24, 2.45) is 5.92 Å². The summed E-state index contributed by atoms with van der Waals surface area (Å²) in [7, 11) is 0. The van der Waals surface area contributed by atoms with E-state index < -0.39 is 23.1 Å². The van der Waals surface area contributed by atoms with Gasteiger partial charge in [0.05, 0.1) is 11.6 Å². The summed E-state index contributed by atoms with van der Waals surface area (Å²) >= 11 is 0. The average Bonchev–Trinajstić information content (AvgIpc) is 2.55. The summed E-state index contributed by atoms with van der Waals surface area (Å²) in [6.07, 6.45) is 3.36. The molecule has 0 radical (unpaired) electrons. The minimum absolute atomic E-state index is 0.0350. The second-order valence-corrected chi connectivity index (χ2v) is 5.77. The molecule has 6 heteroatoms. The number of halogens is 2. The molecule has 0 aliphatic heterocycles. The summed E-state index contributed by atoms with van der Waals surface area (Å²) in [5, 5.41) is 11.3. The number of amides is 1. The van der Waals surface area contributed by atoms with Crippen LogP contribution in [0.4, 0.5) is 8.78 Å². The third kappa shape index (κ3) is 3.93. The normalized spacial score (nSPS) is 11.8. The van der Waals surface area contributed by atoms with E-state index in [9.17, 15) is 13.6 Å². The first-order valence-corrected chi connectivity index (χ1v) is 7.51. The quantitative estimate of drug-likeness (QED) is 0.914. The lowest BCUT2D eigenvalue weighted by atomic mass is 9.89. The van der Waals surface area contributed by atoms with Crippen LogP contribution in [-0.2, 0) is 0 Å². The van der Waals surface area contributed by atoms with Crippen molar-refractivity contribution >= 4 is 5.91 Å². The van der Waals surface area contributed by atoms with Gasteiger partial charge < -0.3 is 5.32 Å². The second-order valence-electron chi connectivity index (χ2n) is 5.77. The van der Waals surface area contributed by atoms with Gasteiger partial charge in [-0.1, -0.05) is 19.9 Å². The Labute approximate surface area is 139 Å². The number of rotatable bonds is 5. The molecule has 0 saturated heterocycles. The molecule has 1 atom stereocenters. The maximum atomic E-state index is 13.9. The maximum Gasteiger partial charge on any atom is 0.257 e. The van der Waals surface area contributed by atoms with Gasteiger partial charge in [0, 0.05) is 24.9 Å². The van der Waals surface area contributed by atoms with Crippen molar-refractivity contribution in [3.8, 4) is 6.07 Å². The SMILES string of the molecule is CC(C)C(CNC(=O)c1c(F)cc(C#N)cc1F)c1cccnc1. The first-order valence-electron chi connectivity index (χ1n) is 7.51. The van der Waals surface area contributed by atoms with Crippen molar-refractivity contribution in [3.05, 3.63) is 65.0 Å². The number of nitrogens with one attached hydrogen (secondary N) is 1. The van der Waals surface area contributed by atoms with E-state index in [2.05, 4.69) is 10.3 Å². The predicted molar refractivity (Wildman–Crippen MR) is 85.2 cm³/mol. The lowest BCUT2D eigenvalue weighted by molar-refractivity contribution is 0.0940. The van der Waals surface area contributed by atoms with Crippen LogP contribution in [0.25, 0.3) is 0 Å². The van der Waals surface area contributed by atoms with E-state index in [-0.39, 0.29) is 23.9 Å². The van der Waals surface area contributed by atoms with Gasteiger partial charge in [-0.15, -0.1) is 0 Å². The molecule has 124 valence electrons. The van der Waals surface area contributed by atoms with E-state index in [1.807, 2.05) is 19.9 Å². The lowest BCUT2D eigenvalue weighted by Gasteiger charge is -2.21. The fourth-order valence-electron chi connectivity index (χ4n) is 2.48. The molecule has 2 aromatic rings. The summed E-state index contributed by atoms with van der Waals surface area (Å²) < 4.78 is 27.8. The molecule has 1 unspecified atom stereocenters. The number of carbonyl (C=O) groups excluding carboxylic acids is 1. The van der Waals surface area contributed by atoms with Crippen LogP contribution in [0.3, 0.4) is 0 Å². The molecule has 1 amide bonds. The molecule has 0 saturated carbocycles. The van der Waals surface area contributed by atoms with Crippen molar-refractivity contribution in [2.75, 3.05) is 6.54 Å². The monoisotopic (exact) mass is 329 g/mol. The molecule has 0 aliphatic rings. The number of carbonyl (C=O) groups is 1. The Morgan fingerprint density at radius 1 is 1.33 bits per heavy atom. The predicted octanol–water partition coefficient (Wildman–Crippen LogP) is 3.40. The molecule has 1 aromatic heterocycles. The van der Waals surface area contributed by atoms with Gasteiger partial charge in [0.1, 0.15) is 17.2 Å². The number of aromatic nitrogens is 1. The molecule has 4 nitrogen and oxygen atoms in total. The van der Waals surface area contributed by atoms with Gasteiger partial charge in [-0.25, -0.2) is 8.78 Å². The highest BCUT2D eigenvalue weighted by Gasteiger charge is 2.22. The molecule has 1 heterocycles. The van der Waals surface area contributed by atoms with Crippen LogP contribution in [0.1, 0.15) is 41.3 Å². The highest BCUT2D eigenvalue weighted by atomic mass is 19.1. The summed E-state index contributed by atoms with van der Waals surface area (Å²) in [4.78, 5) is 16.2. The molecule has 2 rings (SSSR count). The Morgan fingerprint density at radius 2 is 2.00 bits per heavy atom. The van der Waals surface area contributed by atoms with Crippen molar-refractivity contribution in [3.63, 3.8) is 0 Å². The van der Waals surface area contributed by atoms with Crippen LogP contribution in [0.5, 0.6) is 0 Å². The Kier molecular flexibility index (Phi) is 5.59. The van der Waals surface area contributed by atoms with Crippen LogP contribution in [-0.4, -0.2) is 17.4 Å². The maximum absolute atomic E-state index is 13.9. The van der Waals surface area contributed by atoms with E-state index in [4.69, 9.17) is 5.26 Å². The number of hydrogen-bond acceptors (Lipinski definition) is 3. The minimum atomic E-state index is -1.05. The summed E-state index contributed by atoms with van der Waals surface area (Å²) in [5.41, 5.74) is 0.0910. The zero-order chi connectivity index (χ0) is 17.7. The van der Waals surface area contributed by atoms with Crippen molar-refractivity contribution in [2.45, 2.75) is 19.8 Å². The zero-order valence-corrected chi connectivity index (χ0v) is 13.4.